The van der Waals surface area contributed by atoms with Gasteiger partial charge in [0.25, 0.3) is 5.91 Å². The van der Waals surface area contributed by atoms with Crippen LogP contribution in [0.15, 0.2) is 54.7 Å². The molecular weight excluding hydrogens is 485 g/mol. The standard InChI is InChI=1S/C23H23F3N4O4S/c1-34-18-7-4-15(5-8-18)29-16-6-9-21-20(13-16)19(10-11-27-21)22(31)30-12-2-3-17(30)14-28-35(32,33)23(24,25)26/h4-11,13,17,28-29H,2-3,12,14H2,1H3/t17-/m0/s1. The first-order chi connectivity index (χ1) is 16.6. The number of hydrogen-bond acceptors (Lipinski definition) is 6. The number of amides is 1. The molecule has 3 aromatic rings. The highest BCUT2D eigenvalue weighted by Gasteiger charge is 2.46. The molecule has 8 nitrogen and oxygen atoms in total. The number of methoxy groups -OCH3 is 1. The fourth-order valence-electron chi connectivity index (χ4n) is 4.01. The van der Waals surface area contributed by atoms with Crippen molar-refractivity contribution in [1.82, 2.24) is 14.6 Å². The van der Waals surface area contributed by atoms with Crippen molar-refractivity contribution in [3.8, 4) is 5.75 Å². The van der Waals surface area contributed by atoms with Gasteiger partial charge in [0.05, 0.1) is 18.2 Å². The maximum Gasteiger partial charge on any atom is 0.511 e. The van der Waals surface area contributed by atoms with Crippen LogP contribution in [0, 0.1) is 0 Å². The van der Waals surface area contributed by atoms with Crippen LogP contribution in [0.3, 0.4) is 0 Å². The minimum atomic E-state index is -5.49. The van der Waals surface area contributed by atoms with Crippen molar-refractivity contribution >= 4 is 38.2 Å². The van der Waals surface area contributed by atoms with Crippen LogP contribution in [0.2, 0.25) is 0 Å². The van der Waals surface area contributed by atoms with Gasteiger partial charge in [-0.25, -0.2) is 13.1 Å². The minimum Gasteiger partial charge on any atom is -0.497 e. The molecule has 2 heterocycles. The van der Waals surface area contributed by atoms with E-state index in [9.17, 15) is 26.4 Å². The zero-order valence-electron chi connectivity index (χ0n) is 18.7. The number of benzene rings is 2. The van der Waals surface area contributed by atoms with Gasteiger partial charge < -0.3 is 15.0 Å². The molecule has 1 aromatic heterocycles. The summed E-state index contributed by atoms with van der Waals surface area (Å²) in [6.07, 6.45) is 2.43. The molecule has 12 heteroatoms. The number of pyridine rings is 1. The van der Waals surface area contributed by atoms with E-state index in [1.807, 2.05) is 18.2 Å². The topological polar surface area (TPSA) is 101 Å². The third kappa shape index (κ3) is 5.33. The van der Waals surface area contributed by atoms with Gasteiger partial charge in [-0.3, -0.25) is 9.78 Å². The first-order valence-electron chi connectivity index (χ1n) is 10.8. The number of sulfonamides is 1. The highest BCUT2D eigenvalue weighted by molar-refractivity contribution is 7.90. The van der Waals surface area contributed by atoms with Crippen molar-refractivity contribution in [3.63, 3.8) is 0 Å². The number of rotatable bonds is 7. The van der Waals surface area contributed by atoms with Crippen LogP contribution in [0.1, 0.15) is 23.2 Å². The molecule has 0 saturated carbocycles. The molecule has 1 fully saturated rings. The van der Waals surface area contributed by atoms with Crippen molar-refractivity contribution < 1.29 is 31.1 Å². The van der Waals surface area contributed by atoms with E-state index >= 15 is 0 Å². The number of fused-ring (bicyclic) bond motifs is 1. The Bertz CT molecular complexity index is 1330. The number of anilines is 2. The molecule has 186 valence electrons. The fraction of sp³-hybridized carbons (Fsp3) is 0.304. The molecule has 1 atom stereocenters. The number of aromatic nitrogens is 1. The first kappa shape index (κ1) is 24.7. The zero-order chi connectivity index (χ0) is 25.2. The predicted octanol–water partition coefficient (Wildman–Crippen LogP) is 4.03. The van der Waals surface area contributed by atoms with Gasteiger partial charge in [-0.15, -0.1) is 0 Å². The van der Waals surface area contributed by atoms with E-state index in [1.165, 1.54) is 11.1 Å². The zero-order valence-corrected chi connectivity index (χ0v) is 19.5. The molecule has 1 saturated heterocycles. The van der Waals surface area contributed by atoms with E-state index in [-0.39, 0.29) is 0 Å². The number of nitrogens with one attached hydrogen (secondary N) is 2. The lowest BCUT2D eigenvalue weighted by Crippen LogP contribution is -2.46. The van der Waals surface area contributed by atoms with Crippen molar-refractivity contribution in [1.29, 1.82) is 0 Å². The third-order valence-corrected chi connectivity index (χ3v) is 6.96. The summed E-state index contributed by atoms with van der Waals surface area (Å²) in [5.74, 6) is 0.316. The minimum absolute atomic E-state index is 0.310. The Labute approximate surface area is 200 Å². The highest BCUT2D eigenvalue weighted by Crippen LogP contribution is 2.28. The Morgan fingerprint density at radius 1 is 1.14 bits per heavy atom. The van der Waals surface area contributed by atoms with Crippen LogP contribution in [0.4, 0.5) is 24.5 Å². The number of carbonyl (C=O) groups excluding carboxylic acids is 1. The second kappa shape index (κ2) is 9.70. The Morgan fingerprint density at radius 2 is 1.86 bits per heavy atom. The molecule has 0 radical (unpaired) electrons. The van der Waals surface area contributed by atoms with Gasteiger partial charge in [0.2, 0.25) is 0 Å². The van der Waals surface area contributed by atoms with Gasteiger partial charge >= 0.3 is 15.5 Å². The van der Waals surface area contributed by atoms with Gasteiger partial charge in [-0.2, -0.15) is 13.2 Å². The summed E-state index contributed by atoms with van der Waals surface area (Å²) < 4.78 is 67.6. The summed E-state index contributed by atoms with van der Waals surface area (Å²) in [6, 6.07) is 13.5. The molecule has 0 bridgehead atoms. The summed E-state index contributed by atoms with van der Waals surface area (Å²) in [7, 11) is -3.91. The van der Waals surface area contributed by atoms with E-state index in [0.29, 0.717) is 47.3 Å². The predicted molar refractivity (Wildman–Crippen MR) is 125 cm³/mol. The molecule has 0 spiro atoms. The number of alkyl halides is 3. The van der Waals surface area contributed by atoms with Crippen LogP contribution < -0.4 is 14.8 Å². The molecule has 2 N–H and O–H groups in total. The smallest absolute Gasteiger partial charge is 0.497 e. The quantitative estimate of drug-likeness (QED) is 0.500. The monoisotopic (exact) mass is 508 g/mol. The number of likely N-dealkylation sites (tertiary alicyclic amines) is 1. The summed E-state index contributed by atoms with van der Waals surface area (Å²) in [4.78, 5) is 19.1. The van der Waals surface area contributed by atoms with Crippen LogP contribution in [-0.2, 0) is 10.0 Å². The molecule has 1 aliphatic rings. The lowest BCUT2D eigenvalue weighted by atomic mass is 10.1. The molecule has 1 aliphatic heterocycles. The number of carbonyl (C=O) groups is 1. The number of hydrogen-bond donors (Lipinski definition) is 2. The van der Waals surface area contributed by atoms with Crippen LogP contribution in [-0.4, -0.2) is 56.0 Å². The highest BCUT2D eigenvalue weighted by atomic mass is 32.2. The lowest BCUT2D eigenvalue weighted by molar-refractivity contribution is -0.0448. The molecule has 0 unspecified atom stereocenters. The second-order valence-corrected chi connectivity index (χ2v) is 9.79. The lowest BCUT2D eigenvalue weighted by Gasteiger charge is -2.25. The Kier molecular flexibility index (Phi) is 6.86. The van der Waals surface area contributed by atoms with Gasteiger partial charge in [-0.05, 0) is 61.4 Å². The summed E-state index contributed by atoms with van der Waals surface area (Å²) in [6.45, 7) is -0.203. The number of ether oxygens (including phenoxy) is 1. The number of nitrogens with zero attached hydrogens (tertiary/aromatic N) is 2. The van der Waals surface area contributed by atoms with Gasteiger partial charge in [0.1, 0.15) is 5.75 Å². The first-order valence-corrected chi connectivity index (χ1v) is 12.2. The third-order valence-electron chi connectivity index (χ3n) is 5.80. The van der Waals surface area contributed by atoms with Gasteiger partial charge in [0.15, 0.2) is 0 Å². The molecule has 4 rings (SSSR count). The van der Waals surface area contributed by atoms with Crippen LogP contribution >= 0.6 is 0 Å². The van der Waals surface area contributed by atoms with Crippen LogP contribution in [0.5, 0.6) is 5.75 Å². The van der Waals surface area contributed by atoms with Gasteiger partial charge in [-0.1, -0.05) is 0 Å². The molecule has 1 amide bonds. The average molecular weight is 509 g/mol. The van der Waals surface area contributed by atoms with Gasteiger partial charge in [0, 0.05) is 42.1 Å². The second-order valence-electron chi connectivity index (χ2n) is 8.04. The van der Waals surface area contributed by atoms with Crippen molar-refractivity contribution in [3.05, 3.63) is 60.3 Å². The molecule has 2 aromatic carbocycles. The molecular formula is C23H23F3N4O4S. The SMILES string of the molecule is COc1ccc(Nc2ccc3nccc(C(=O)N4CCC[C@H]4CNS(=O)(=O)C(F)(F)F)c3c2)cc1. The average Bonchev–Trinajstić information content (AvgIpc) is 3.30. The summed E-state index contributed by atoms with van der Waals surface area (Å²) in [5.41, 5.74) is -2.99. The largest absolute Gasteiger partial charge is 0.511 e. The van der Waals surface area contributed by atoms with E-state index in [1.54, 1.807) is 42.2 Å². The Balaban J connectivity index is 1.57. The maximum atomic E-state index is 13.4. The van der Waals surface area contributed by atoms with E-state index in [2.05, 4.69) is 10.3 Å². The normalized spacial score (nSPS) is 16.5. The van der Waals surface area contributed by atoms with Crippen molar-refractivity contribution in [2.24, 2.45) is 0 Å². The fourth-order valence-corrected chi connectivity index (χ4v) is 4.58. The van der Waals surface area contributed by atoms with Crippen molar-refractivity contribution in [2.45, 2.75) is 24.4 Å². The molecule has 0 aliphatic carbocycles. The number of halogens is 3. The van der Waals surface area contributed by atoms with E-state index in [4.69, 9.17) is 4.74 Å². The van der Waals surface area contributed by atoms with E-state index in [0.717, 1.165) is 5.69 Å². The Hall–Kier alpha value is -3.38. The maximum absolute atomic E-state index is 13.4. The summed E-state index contributed by atoms with van der Waals surface area (Å²) in [5, 5.41) is 3.82. The van der Waals surface area contributed by atoms with E-state index < -0.39 is 34.0 Å². The molecule has 35 heavy (non-hydrogen) atoms. The van der Waals surface area contributed by atoms with Crippen molar-refractivity contribution in [2.75, 3.05) is 25.5 Å². The summed E-state index contributed by atoms with van der Waals surface area (Å²) >= 11 is 0. The Morgan fingerprint density at radius 3 is 2.54 bits per heavy atom. The van der Waals surface area contributed by atoms with Crippen LogP contribution in [0.25, 0.3) is 10.9 Å².